The molecule has 1 fully saturated rings. The zero-order valence-electron chi connectivity index (χ0n) is 11.7. The number of phenolic OH excluding ortho intramolecular Hbond substituents is 1. The van der Waals surface area contributed by atoms with Crippen molar-refractivity contribution < 1.29 is 14.6 Å². The van der Waals surface area contributed by atoms with Gasteiger partial charge in [-0.05, 0) is 17.7 Å². The number of morpholine rings is 1. The van der Waals surface area contributed by atoms with Gasteiger partial charge in [-0.1, -0.05) is 32.9 Å². The molecule has 19 heavy (non-hydrogen) atoms. The van der Waals surface area contributed by atoms with E-state index in [0.717, 1.165) is 5.56 Å². The fourth-order valence-corrected chi connectivity index (χ4v) is 2.23. The van der Waals surface area contributed by atoms with E-state index in [0.29, 0.717) is 19.7 Å². The average molecular weight is 263 g/mol. The molecule has 0 saturated carbocycles. The highest BCUT2D eigenvalue weighted by Crippen LogP contribution is 2.27. The maximum absolute atomic E-state index is 12.3. The third-order valence-corrected chi connectivity index (χ3v) is 3.24. The molecule has 0 spiro atoms. The summed E-state index contributed by atoms with van der Waals surface area (Å²) in [6, 6.07) is 7.02. The Kier molecular flexibility index (Phi) is 3.80. The van der Waals surface area contributed by atoms with Gasteiger partial charge in [-0.25, -0.2) is 0 Å². The van der Waals surface area contributed by atoms with E-state index in [1.165, 1.54) is 0 Å². The molecule has 0 aromatic heterocycles. The van der Waals surface area contributed by atoms with E-state index in [2.05, 4.69) is 0 Å². The van der Waals surface area contributed by atoms with Crippen LogP contribution < -0.4 is 0 Å². The number of hydrogen-bond acceptors (Lipinski definition) is 3. The van der Waals surface area contributed by atoms with Crippen LogP contribution in [-0.2, 0) is 9.53 Å². The van der Waals surface area contributed by atoms with Crippen molar-refractivity contribution in [3.63, 3.8) is 0 Å². The molecular formula is C15H21NO3. The van der Waals surface area contributed by atoms with Crippen LogP contribution in [0.5, 0.6) is 5.75 Å². The molecule has 1 heterocycles. The van der Waals surface area contributed by atoms with E-state index >= 15 is 0 Å². The van der Waals surface area contributed by atoms with Gasteiger partial charge in [0, 0.05) is 12.0 Å². The number of phenols is 1. The van der Waals surface area contributed by atoms with E-state index in [1.807, 2.05) is 31.7 Å². The maximum Gasteiger partial charge on any atom is 0.228 e. The summed E-state index contributed by atoms with van der Waals surface area (Å²) >= 11 is 0. The molecule has 4 heteroatoms. The molecule has 1 aliphatic heterocycles. The van der Waals surface area contributed by atoms with Crippen molar-refractivity contribution in [2.24, 2.45) is 5.41 Å². The number of carbonyl (C=O) groups is 1. The van der Waals surface area contributed by atoms with Crippen LogP contribution in [0.2, 0.25) is 0 Å². The van der Waals surface area contributed by atoms with Crippen molar-refractivity contribution in [3.05, 3.63) is 29.8 Å². The molecule has 2 rings (SSSR count). The van der Waals surface area contributed by atoms with Gasteiger partial charge in [-0.15, -0.1) is 0 Å². The Morgan fingerprint density at radius 1 is 1.42 bits per heavy atom. The topological polar surface area (TPSA) is 49.8 Å². The molecule has 1 aliphatic rings. The smallest absolute Gasteiger partial charge is 0.228 e. The van der Waals surface area contributed by atoms with E-state index < -0.39 is 0 Å². The predicted octanol–water partition coefficient (Wildman–Crippen LogP) is 2.34. The molecule has 104 valence electrons. The van der Waals surface area contributed by atoms with Crippen molar-refractivity contribution in [1.29, 1.82) is 0 Å². The van der Waals surface area contributed by atoms with E-state index in [1.54, 1.807) is 18.2 Å². The van der Waals surface area contributed by atoms with Gasteiger partial charge in [0.25, 0.3) is 0 Å². The minimum absolute atomic E-state index is 0.140. The first-order valence-corrected chi connectivity index (χ1v) is 6.58. The lowest BCUT2D eigenvalue weighted by atomic mass is 9.94. The Morgan fingerprint density at radius 2 is 2.16 bits per heavy atom. The van der Waals surface area contributed by atoms with Crippen molar-refractivity contribution in [3.8, 4) is 5.75 Å². The summed E-state index contributed by atoms with van der Waals surface area (Å²) in [4.78, 5) is 14.1. The highest BCUT2D eigenvalue weighted by Gasteiger charge is 2.31. The van der Waals surface area contributed by atoms with Crippen molar-refractivity contribution in [2.45, 2.75) is 26.9 Å². The Labute approximate surface area is 114 Å². The third-order valence-electron chi connectivity index (χ3n) is 3.24. The highest BCUT2D eigenvalue weighted by atomic mass is 16.5. The number of aromatic hydroxyl groups is 1. The fraction of sp³-hybridized carbons (Fsp3) is 0.533. The number of ether oxygens (including phenoxy) is 1. The number of benzene rings is 1. The maximum atomic E-state index is 12.3. The lowest BCUT2D eigenvalue weighted by Gasteiger charge is -2.36. The van der Waals surface area contributed by atoms with Gasteiger partial charge >= 0.3 is 0 Å². The number of hydrogen-bond donors (Lipinski definition) is 1. The molecule has 0 bridgehead atoms. The summed E-state index contributed by atoms with van der Waals surface area (Å²) < 4.78 is 5.71. The summed E-state index contributed by atoms with van der Waals surface area (Å²) in [5.41, 5.74) is 0.534. The zero-order valence-corrected chi connectivity index (χ0v) is 11.7. The summed E-state index contributed by atoms with van der Waals surface area (Å²) in [7, 11) is 0. The van der Waals surface area contributed by atoms with Crippen molar-refractivity contribution in [2.75, 3.05) is 19.7 Å². The molecule has 1 saturated heterocycles. The Balaban J connectivity index is 2.11. The Bertz CT molecular complexity index is 465. The second-order valence-electron chi connectivity index (χ2n) is 5.96. The molecule has 4 nitrogen and oxygen atoms in total. The lowest BCUT2D eigenvalue weighted by molar-refractivity contribution is -0.147. The molecule has 1 atom stereocenters. The first-order valence-electron chi connectivity index (χ1n) is 6.58. The Morgan fingerprint density at radius 3 is 2.79 bits per heavy atom. The van der Waals surface area contributed by atoms with E-state index in [9.17, 15) is 9.90 Å². The van der Waals surface area contributed by atoms with Crippen LogP contribution in [-0.4, -0.2) is 35.6 Å². The summed E-state index contributed by atoms with van der Waals surface area (Å²) in [5.74, 6) is 0.362. The first kappa shape index (κ1) is 13.9. The number of carbonyl (C=O) groups excluding carboxylic acids is 1. The zero-order chi connectivity index (χ0) is 14.0. The molecule has 0 aliphatic carbocycles. The summed E-state index contributed by atoms with van der Waals surface area (Å²) in [6.07, 6.45) is -0.160. The van der Waals surface area contributed by atoms with Crippen LogP contribution in [0, 0.1) is 5.41 Å². The molecule has 1 amide bonds. The van der Waals surface area contributed by atoms with Gasteiger partial charge in [0.15, 0.2) is 0 Å². The van der Waals surface area contributed by atoms with Crippen LogP contribution >= 0.6 is 0 Å². The largest absolute Gasteiger partial charge is 0.508 e. The normalized spacial score (nSPS) is 20.4. The molecule has 1 N–H and O–H groups in total. The van der Waals surface area contributed by atoms with E-state index in [-0.39, 0.29) is 23.2 Å². The number of amides is 1. The lowest BCUT2D eigenvalue weighted by Crippen LogP contribution is -2.46. The molecular weight excluding hydrogens is 242 g/mol. The van der Waals surface area contributed by atoms with Gasteiger partial charge in [0.2, 0.25) is 5.91 Å². The number of rotatable bonds is 1. The average Bonchev–Trinajstić information content (AvgIpc) is 2.37. The summed E-state index contributed by atoms with van der Waals surface area (Å²) in [6.45, 7) is 7.48. The van der Waals surface area contributed by atoms with Crippen LogP contribution in [0.15, 0.2) is 24.3 Å². The fourth-order valence-electron chi connectivity index (χ4n) is 2.23. The Hall–Kier alpha value is -1.55. The van der Waals surface area contributed by atoms with Gasteiger partial charge in [-0.2, -0.15) is 0 Å². The molecule has 1 unspecified atom stereocenters. The highest BCUT2D eigenvalue weighted by molar-refractivity contribution is 5.81. The van der Waals surface area contributed by atoms with Crippen molar-refractivity contribution >= 4 is 5.91 Å². The van der Waals surface area contributed by atoms with Crippen LogP contribution in [0.4, 0.5) is 0 Å². The SMILES string of the molecule is CC(C)(C)C(=O)N1CCOC(c2cccc(O)c2)C1. The first-order chi connectivity index (χ1) is 8.88. The third kappa shape index (κ3) is 3.26. The number of nitrogens with zero attached hydrogens (tertiary/aromatic N) is 1. The van der Waals surface area contributed by atoms with Crippen molar-refractivity contribution in [1.82, 2.24) is 4.90 Å². The van der Waals surface area contributed by atoms with Crippen LogP contribution in [0.3, 0.4) is 0 Å². The van der Waals surface area contributed by atoms with Gasteiger partial charge in [0.05, 0.1) is 13.2 Å². The second-order valence-corrected chi connectivity index (χ2v) is 5.96. The minimum atomic E-state index is -0.374. The van der Waals surface area contributed by atoms with Gasteiger partial charge in [0.1, 0.15) is 11.9 Å². The molecule has 0 radical (unpaired) electrons. The standard InChI is InChI=1S/C15H21NO3/c1-15(2,3)14(18)16-7-8-19-13(10-16)11-5-4-6-12(17)9-11/h4-6,9,13,17H,7-8,10H2,1-3H3. The quantitative estimate of drug-likeness (QED) is 0.846. The van der Waals surface area contributed by atoms with Crippen LogP contribution in [0.25, 0.3) is 0 Å². The van der Waals surface area contributed by atoms with E-state index in [4.69, 9.17) is 4.74 Å². The molecule has 1 aromatic rings. The van der Waals surface area contributed by atoms with Gasteiger partial charge in [-0.3, -0.25) is 4.79 Å². The molecule has 1 aromatic carbocycles. The predicted molar refractivity (Wildman–Crippen MR) is 72.8 cm³/mol. The van der Waals surface area contributed by atoms with Gasteiger partial charge < -0.3 is 14.7 Å². The summed E-state index contributed by atoms with van der Waals surface area (Å²) in [5, 5.41) is 9.51. The van der Waals surface area contributed by atoms with Crippen LogP contribution in [0.1, 0.15) is 32.4 Å². The monoisotopic (exact) mass is 263 g/mol. The minimum Gasteiger partial charge on any atom is -0.508 e. The second kappa shape index (κ2) is 5.21.